The molecule has 0 aliphatic carbocycles. The molecule has 0 fully saturated rings. The smallest absolute Gasteiger partial charge is 0.265 e. The molecule has 0 aliphatic heterocycles. The summed E-state index contributed by atoms with van der Waals surface area (Å²) >= 11 is 3.42. The lowest BCUT2D eigenvalue weighted by atomic mass is 10.1. The number of sulfonamides is 1. The SMILES string of the molecule is CC[C@H](C)NC(=O)[C@H](C)N(Cc1ccc(Br)cc1)C(=O)CN(c1cc(OC)ccc1OC)S(=O)(=O)c1ccc(OC)c(OC)c1. The van der Waals surface area contributed by atoms with Crippen molar-refractivity contribution >= 4 is 43.5 Å². The van der Waals surface area contributed by atoms with E-state index in [1.807, 2.05) is 38.1 Å². The van der Waals surface area contributed by atoms with Crippen LogP contribution in [0.25, 0.3) is 0 Å². The van der Waals surface area contributed by atoms with E-state index < -0.39 is 28.5 Å². The highest BCUT2D eigenvalue weighted by Crippen LogP contribution is 2.37. The number of anilines is 1. The molecule has 3 aromatic rings. The molecule has 11 nitrogen and oxygen atoms in total. The Balaban J connectivity index is 2.16. The van der Waals surface area contributed by atoms with Crippen LogP contribution in [0.4, 0.5) is 5.69 Å². The number of nitrogens with one attached hydrogen (secondary N) is 1. The Hall–Kier alpha value is -3.97. The maximum atomic E-state index is 14.4. The molecule has 0 aromatic heterocycles. The van der Waals surface area contributed by atoms with Crippen LogP contribution in [-0.4, -0.2) is 72.2 Å². The summed E-state index contributed by atoms with van der Waals surface area (Å²) in [6.45, 7) is 4.84. The number of rotatable bonds is 15. The molecule has 3 rings (SSSR count). The first-order valence-electron chi connectivity index (χ1n) is 14.2. The average molecular weight is 707 g/mol. The largest absolute Gasteiger partial charge is 0.497 e. The van der Waals surface area contributed by atoms with Crippen LogP contribution in [0.1, 0.15) is 32.8 Å². The van der Waals surface area contributed by atoms with Gasteiger partial charge in [-0.3, -0.25) is 13.9 Å². The zero-order chi connectivity index (χ0) is 33.3. The third-order valence-electron chi connectivity index (χ3n) is 7.31. The molecule has 0 unspecified atom stereocenters. The zero-order valence-corrected chi connectivity index (χ0v) is 28.9. The number of ether oxygens (including phenoxy) is 4. The Kier molecular flexibility index (Phi) is 12.5. The fourth-order valence-electron chi connectivity index (χ4n) is 4.44. The summed E-state index contributed by atoms with van der Waals surface area (Å²) in [5.74, 6) is 0.0877. The Morgan fingerprint density at radius 1 is 0.844 bits per heavy atom. The van der Waals surface area contributed by atoms with Crippen LogP contribution in [0, 0.1) is 0 Å². The van der Waals surface area contributed by atoms with Gasteiger partial charge in [0.1, 0.15) is 24.1 Å². The van der Waals surface area contributed by atoms with Gasteiger partial charge in [-0.2, -0.15) is 0 Å². The summed E-state index contributed by atoms with van der Waals surface area (Å²) < 4.78 is 52.1. The molecule has 0 aliphatic rings. The molecule has 3 aromatic carbocycles. The highest BCUT2D eigenvalue weighted by Gasteiger charge is 2.35. The van der Waals surface area contributed by atoms with Crippen molar-refractivity contribution in [3.05, 3.63) is 70.7 Å². The van der Waals surface area contributed by atoms with Gasteiger partial charge in [-0.05, 0) is 62.2 Å². The van der Waals surface area contributed by atoms with E-state index in [0.717, 1.165) is 14.3 Å². The molecule has 0 saturated heterocycles. The maximum Gasteiger partial charge on any atom is 0.265 e. The number of carbonyl (C=O) groups is 2. The quantitative estimate of drug-likeness (QED) is 0.234. The van der Waals surface area contributed by atoms with Gasteiger partial charge in [0, 0.05) is 29.2 Å². The number of benzene rings is 3. The number of amides is 2. The third-order valence-corrected chi connectivity index (χ3v) is 9.60. The molecule has 0 spiro atoms. The Bertz CT molecular complexity index is 1580. The summed E-state index contributed by atoms with van der Waals surface area (Å²) in [5, 5.41) is 2.92. The van der Waals surface area contributed by atoms with Crippen molar-refractivity contribution in [2.45, 2.75) is 50.7 Å². The van der Waals surface area contributed by atoms with Crippen LogP contribution >= 0.6 is 15.9 Å². The topological polar surface area (TPSA) is 124 Å². The minimum atomic E-state index is -4.44. The van der Waals surface area contributed by atoms with Crippen LogP contribution in [0.15, 0.2) is 70.0 Å². The first kappa shape index (κ1) is 35.5. The molecule has 45 heavy (non-hydrogen) atoms. The minimum Gasteiger partial charge on any atom is -0.497 e. The molecular formula is C32H40BrN3O8S. The predicted octanol–water partition coefficient (Wildman–Crippen LogP) is 5.01. The Morgan fingerprint density at radius 2 is 1.47 bits per heavy atom. The van der Waals surface area contributed by atoms with Gasteiger partial charge >= 0.3 is 0 Å². The van der Waals surface area contributed by atoms with E-state index in [1.54, 1.807) is 19.1 Å². The highest BCUT2D eigenvalue weighted by atomic mass is 79.9. The zero-order valence-electron chi connectivity index (χ0n) is 26.5. The van der Waals surface area contributed by atoms with E-state index in [2.05, 4.69) is 21.2 Å². The molecule has 0 radical (unpaired) electrons. The molecule has 13 heteroatoms. The standard InChI is InChI=1S/C32H40BrN3O8S/c1-8-21(2)34-32(38)22(3)35(19-23-9-11-24(33)12-10-23)31(37)20-36(27-17-25(41-4)13-15-28(27)42-5)45(39,40)26-14-16-29(43-6)30(18-26)44-7/h9-18,21-22H,8,19-20H2,1-7H3,(H,34,38)/t21-,22-/m0/s1. The number of methoxy groups -OCH3 is 4. The van der Waals surface area contributed by atoms with Gasteiger partial charge in [0.25, 0.3) is 10.0 Å². The summed E-state index contributed by atoms with van der Waals surface area (Å²) in [4.78, 5) is 28.8. The average Bonchev–Trinajstić information content (AvgIpc) is 3.05. The summed E-state index contributed by atoms with van der Waals surface area (Å²) in [5.41, 5.74) is 0.822. The van der Waals surface area contributed by atoms with Gasteiger partial charge in [0.2, 0.25) is 11.8 Å². The lowest BCUT2D eigenvalue weighted by Crippen LogP contribution is -2.52. The second-order valence-corrected chi connectivity index (χ2v) is 13.0. The van der Waals surface area contributed by atoms with Gasteiger partial charge in [-0.15, -0.1) is 0 Å². The third kappa shape index (κ3) is 8.60. The molecule has 0 saturated carbocycles. The van der Waals surface area contributed by atoms with Gasteiger partial charge in [-0.25, -0.2) is 8.42 Å². The van der Waals surface area contributed by atoms with Crippen LogP contribution in [0.5, 0.6) is 23.0 Å². The van der Waals surface area contributed by atoms with E-state index in [0.29, 0.717) is 17.9 Å². The van der Waals surface area contributed by atoms with E-state index in [-0.39, 0.29) is 40.6 Å². The van der Waals surface area contributed by atoms with E-state index >= 15 is 0 Å². The minimum absolute atomic E-state index is 0.0562. The van der Waals surface area contributed by atoms with Gasteiger partial charge in [0.15, 0.2) is 11.5 Å². The summed E-state index contributed by atoms with van der Waals surface area (Å²) in [6, 6.07) is 15.1. The van der Waals surface area contributed by atoms with Crippen molar-refractivity contribution in [2.24, 2.45) is 0 Å². The van der Waals surface area contributed by atoms with Gasteiger partial charge < -0.3 is 29.2 Å². The monoisotopic (exact) mass is 705 g/mol. The lowest BCUT2D eigenvalue weighted by Gasteiger charge is -2.33. The Morgan fingerprint density at radius 3 is 2.04 bits per heavy atom. The van der Waals surface area contributed by atoms with Crippen molar-refractivity contribution in [1.82, 2.24) is 10.2 Å². The van der Waals surface area contributed by atoms with Crippen molar-refractivity contribution in [2.75, 3.05) is 39.3 Å². The van der Waals surface area contributed by atoms with E-state index in [9.17, 15) is 18.0 Å². The van der Waals surface area contributed by atoms with E-state index in [4.69, 9.17) is 18.9 Å². The maximum absolute atomic E-state index is 14.4. The molecular weight excluding hydrogens is 666 g/mol. The molecule has 2 amide bonds. The second-order valence-electron chi connectivity index (χ2n) is 10.2. The summed E-state index contributed by atoms with van der Waals surface area (Å²) in [6.07, 6.45) is 0.700. The first-order chi connectivity index (χ1) is 21.4. The first-order valence-corrected chi connectivity index (χ1v) is 16.4. The lowest BCUT2D eigenvalue weighted by molar-refractivity contribution is -0.139. The van der Waals surface area contributed by atoms with Crippen molar-refractivity contribution in [3.63, 3.8) is 0 Å². The molecule has 2 atom stereocenters. The normalized spacial score (nSPS) is 12.4. The molecule has 244 valence electrons. The van der Waals surface area contributed by atoms with Gasteiger partial charge in [-0.1, -0.05) is 35.0 Å². The summed E-state index contributed by atoms with van der Waals surface area (Å²) in [7, 11) is 1.24. The number of nitrogens with zero attached hydrogens (tertiary/aromatic N) is 2. The number of halogens is 1. The van der Waals surface area contributed by atoms with Crippen LogP contribution in [0.3, 0.4) is 0 Å². The molecule has 0 heterocycles. The number of hydrogen-bond donors (Lipinski definition) is 1. The van der Waals surface area contributed by atoms with Crippen molar-refractivity contribution < 1.29 is 37.0 Å². The predicted molar refractivity (Wildman–Crippen MR) is 176 cm³/mol. The Labute approximate surface area is 273 Å². The van der Waals surface area contributed by atoms with Crippen LogP contribution in [0.2, 0.25) is 0 Å². The van der Waals surface area contributed by atoms with E-state index in [1.165, 1.54) is 57.6 Å². The molecule has 1 N–H and O–H groups in total. The fourth-order valence-corrected chi connectivity index (χ4v) is 6.14. The number of carbonyl (C=O) groups excluding carboxylic acids is 2. The fraction of sp³-hybridized carbons (Fsp3) is 0.375. The second kappa shape index (κ2) is 15.8. The molecule has 0 bridgehead atoms. The van der Waals surface area contributed by atoms with Crippen LogP contribution in [-0.2, 0) is 26.2 Å². The number of hydrogen-bond acceptors (Lipinski definition) is 8. The van der Waals surface area contributed by atoms with Gasteiger partial charge in [0.05, 0.1) is 39.0 Å². The van der Waals surface area contributed by atoms with Crippen molar-refractivity contribution in [1.29, 1.82) is 0 Å². The van der Waals surface area contributed by atoms with Crippen molar-refractivity contribution in [3.8, 4) is 23.0 Å². The van der Waals surface area contributed by atoms with Crippen LogP contribution < -0.4 is 28.6 Å². The highest BCUT2D eigenvalue weighted by molar-refractivity contribution is 9.10.